The van der Waals surface area contributed by atoms with E-state index >= 15 is 0 Å². The minimum absolute atomic E-state index is 0.561. The molecular formula is C13H19BrN4. The van der Waals surface area contributed by atoms with E-state index in [0.29, 0.717) is 11.7 Å². The Bertz CT molecular complexity index is 437. The molecule has 2 N–H and O–H groups in total. The van der Waals surface area contributed by atoms with Crippen molar-refractivity contribution in [1.29, 1.82) is 0 Å². The molecule has 0 atom stereocenters. The molecule has 0 aromatic carbocycles. The zero-order valence-electron chi connectivity index (χ0n) is 10.5. The van der Waals surface area contributed by atoms with Gasteiger partial charge in [0.05, 0.1) is 10.2 Å². The van der Waals surface area contributed by atoms with E-state index in [1.165, 1.54) is 38.5 Å². The van der Waals surface area contributed by atoms with Gasteiger partial charge in [-0.3, -0.25) is 0 Å². The van der Waals surface area contributed by atoms with Crippen LogP contribution in [0.3, 0.4) is 0 Å². The Labute approximate surface area is 116 Å². The van der Waals surface area contributed by atoms with Crippen molar-refractivity contribution in [3.05, 3.63) is 10.2 Å². The van der Waals surface area contributed by atoms with Crippen molar-refractivity contribution in [1.82, 2.24) is 9.97 Å². The van der Waals surface area contributed by atoms with Gasteiger partial charge in [-0.15, -0.1) is 0 Å². The Morgan fingerprint density at radius 3 is 2.39 bits per heavy atom. The van der Waals surface area contributed by atoms with Gasteiger partial charge >= 0.3 is 0 Å². The molecule has 2 heterocycles. The lowest BCUT2D eigenvalue weighted by Gasteiger charge is -2.19. The number of nitrogens with two attached hydrogens (primary N) is 1. The average molecular weight is 311 g/mol. The Kier molecular flexibility index (Phi) is 3.41. The number of hydrogen-bond acceptors (Lipinski definition) is 4. The molecule has 1 aliphatic carbocycles. The lowest BCUT2D eigenvalue weighted by atomic mass is 10.0. The SMILES string of the molecule is Nc1nc(N2CCCC2)nc(C2CCCC2)c1Br. The van der Waals surface area contributed by atoms with Crippen molar-refractivity contribution < 1.29 is 0 Å². The molecule has 1 saturated heterocycles. The van der Waals surface area contributed by atoms with Crippen LogP contribution in [0.2, 0.25) is 0 Å². The molecule has 2 aliphatic rings. The third kappa shape index (κ3) is 2.20. The summed E-state index contributed by atoms with van der Waals surface area (Å²) in [7, 11) is 0. The standard InChI is InChI=1S/C13H19BrN4/c14-10-11(9-5-1-2-6-9)16-13(17-12(10)15)18-7-3-4-8-18/h9H,1-8H2,(H2,15,16,17). The summed E-state index contributed by atoms with van der Waals surface area (Å²) in [6.07, 6.45) is 7.54. The molecule has 0 unspecified atom stereocenters. The third-order valence-electron chi connectivity index (χ3n) is 4.02. The lowest BCUT2D eigenvalue weighted by molar-refractivity contribution is 0.686. The number of rotatable bonds is 2. The van der Waals surface area contributed by atoms with Crippen molar-refractivity contribution in [2.45, 2.75) is 44.4 Å². The normalized spacial score (nSPS) is 20.8. The van der Waals surface area contributed by atoms with Crippen LogP contribution in [-0.2, 0) is 0 Å². The van der Waals surface area contributed by atoms with Gasteiger partial charge in [-0.1, -0.05) is 12.8 Å². The molecule has 0 amide bonds. The van der Waals surface area contributed by atoms with Crippen LogP contribution in [0.25, 0.3) is 0 Å². The molecule has 3 rings (SSSR count). The second-order valence-corrected chi connectivity index (χ2v) is 6.08. The molecule has 4 nitrogen and oxygen atoms in total. The molecule has 98 valence electrons. The first-order chi connectivity index (χ1) is 8.75. The molecule has 0 spiro atoms. The largest absolute Gasteiger partial charge is 0.383 e. The number of hydrogen-bond donors (Lipinski definition) is 1. The number of nitrogens with zero attached hydrogens (tertiary/aromatic N) is 3. The highest BCUT2D eigenvalue weighted by Crippen LogP contribution is 2.39. The number of halogens is 1. The van der Waals surface area contributed by atoms with Crippen molar-refractivity contribution >= 4 is 27.7 Å². The van der Waals surface area contributed by atoms with Crippen LogP contribution >= 0.6 is 15.9 Å². The van der Waals surface area contributed by atoms with Crippen LogP contribution in [0.1, 0.15) is 50.1 Å². The molecule has 1 aromatic rings. The maximum Gasteiger partial charge on any atom is 0.227 e. The Morgan fingerprint density at radius 1 is 1.06 bits per heavy atom. The number of aromatic nitrogens is 2. The Morgan fingerprint density at radius 2 is 1.72 bits per heavy atom. The van der Waals surface area contributed by atoms with Gasteiger partial charge in [0.15, 0.2) is 0 Å². The van der Waals surface area contributed by atoms with E-state index in [1.807, 2.05) is 0 Å². The van der Waals surface area contributed by atoms with Crippen LogP contribution in [0.5, 0.6) is 0 Å². The molecule has 0 bridgehead atoms. The fourth-order valence-corrected chi connectivity index (χ4v) is 3.50. The number of nitrogen functional groups attached to an aromatic ring is 1. The summed E-state index contributed by atoms with van der Waals surface area (Å²) in [5, 5.41) is 0. The summed E-state index contributed by atoms with van der Waals surface area (Å²) < 4.78 is 0.914. The van der Waals surface area contributed by atoms with Crippen LogP contribution in [-0.4, -0.2) is 23.1 Å². The van der Waals surface area contributed by atoms with Gasteiger partial charge in [-0.2, -0.15) is 4.98 Å². The fourth-order valence-electron chi connectivity index (χ4n) is 3.00. The highest BCUT2D eigenvalue weighted by atomic mass is 79.9. The molecule has 0 radical (unpaired) electrons. The minimum atomic E-state index is 0.561. The second kappa shape index (κ2) is 5.03. The maximum absolute atomic E-state index is 6.03. The van der Waals surface area contributed by atoms with Gasteiger partial charge in [-0.05, 0) is 41.6 Å². The van der Waals surface area contributed by atoms with Gasteiger partial charge < -0.3 is 10.6 Å². The predicted molar refractivity (Wildman–Crippen MR) is 76.8 cm³/mol. The van der Waals surface area contributed by atoms with Gasteiger partial charge in [-0.25, -0.2) is 4.98 Å². The second-order valence-electron chi connectivity index (χ2n) is 5.28. The zero-order valence-corrected chi connectivity index (χ0v) is 12.1. The first-order valence-electron chi connectivity index (χ1n) is 6.83. The van der Waals surface area contributed by atoms with E-state index in [4.69, 9.17) is 10.7 Å². The highest BCUT2D eigenvalue weighted by molar-refractivity contribution is 9.10. The predicted octanol–water partition coefficient (Wildman–Crippen LogP) is 3.08. The van der Waals surface area contributed by atoms with Crippen molar-refractivity contribution in [2.75, 3.05) is 23.7 Å². The van der Waals surface area contributed by atoms with E-state index in [-0.39, 0.29) is 0 Å². The summed E-state index contributed by atoms with van der Waals surface area (Å²) in [5.41, 5.74) is 7.16. The first kappa shape index (κ1) is 12.2. The Hall–Kier alpha value is -0.840. The van der Waals surface area contributed by atoms with Crippen LogP contribution in [0.4, 0.5) is 11.8 Å². The Balaban J connectivity index is 1.95. The summed E-state index contributed by atoms with van der Waals surface area (Å²) in [6, 6.07) is 0. The third-order valence-corrected chi connectivity index (χ3v) is 4.83. The molecule has 18 heavy (non-hydrogen) atoms. The summed E-state index contributed by atoms with van der Waals surface area (Å²) in [6.45, 7) is 2.12. The quantitative estimate of drug-likeness (QED) is 0.912. The van der Waals surface area contributed by atoms with Gasteiger partial charge in [0, 0.05) is 19.0 Å². The summed E-state index contributed by atoms with van der Waals surface area (Å²) in [5.74, 6) is 1.98. The van der Waals surface area contributed by atoms with E-state index in [2.05, 4.69) is 25.8 Å². The lowest BCUT2D eigenvalue weighted by Crippen LogP contribution is -2.22. The van der Waals surface area contributed by atoms with Crippen molar-refractivity contribution in [2.24, 2.45) is 0 Å². The van der Waals surface area contributed by atoms with E-state index in [0.717, 1.165) is 29.2 Å². The molecule has 5 heteroatoms. The molecule has 1 saturated carbocycles. The smallest absolute Gasteiger partial charge is 0.227 e. The average Bonchev–Trinajstić information content (AvgIpc) is 3.03. The molecule has 1 aromatic heterocycles. The molecule has 2 fully saturated rings. The van der Waals surface area contributed by atoms with Crippen LogP contribution < -0.4 is 10.6 Å². The first-order valence-corrected chi connectivity index (χ1v) is 7.63. The summed E-state index contributed by atoms with van der Waals surface area (Å²) >= 11 is 3.56. The number of anilines is 2. The van der Waals surface area contributed by atoms with Crippen molar-refractivity contribution in [3.63, 3.8) is 0 Å². The van der Waals surface area contributed by atoms with Gasteiger partial charge in [0.25, 0.3) is 0 Å². The van der Waals surface area contributed by atoms with Gasteiger partial charge in [0.1, 0.15) is 5.82 Å². The molecular weight excluding hydrogens is 292 g/mol. The van der Waals surface area contributed by atoms with Crippen LogP contribution in [0.15, 0.2) is 4.47 Å². The zero-order chi connectivity index (χ0) is 12.5. The topological polar surface area (TPSA) is 55.0 Å². The summed E-state index contributed by atoms with van der Waals surface area (Å²) in [4.78, 5) is 11.5. The molecule has 1 aliphatic heterocycles. The van der Waals surface area contributed by atoms with Crippen LogP contribution in [0, 0.1) is 0 Å². The van der Waals surface area contributed by atoms with Gasteiger partial charge in [0.2, 0.25) is 5.95 Å². The fraction of sp³-hybridized carbons (Fsp3) is 0.692. The van der Waals surface area contributed by atoms with E-state index < -0.39 is 0 Å². The monoisotopic (exact) mass is 310 g/mol. The van der Waals surface area contributed by atoms with E-state index in [9.17, 15) is 0 Å². The minimum Gasteiger partial charge on any atom is -0.383 e. The van der Waals surface area contributed by atoms with Crippen molar-refractivity contribution in [3.8, 4) is 0 Å². The highest BCUT2D eigenvalue weighted by Gasteiger charge is 2.25. The van der Waals surface area contributed by atoms with E-state index in [1.54, 1.807) is 0 Å². The maximum atomic E-state index is 6.03.